The molecule has 1 atom stereocenters. The SMILES string of the molecule is CC1N=Cc2c(sc3c2COCCC3)-n2nc(C(=O)N[C@H]3C[C@H](O)C3)nc21. The number of carbonyl (C=O) groups excluding carboxylic acids is 1. The van der Waals surface area contributed by atoms with E-state index in [9.17, 15) is 9.90 Å². The molecule has 0 saturated heterocycles. The van der Waals surface area contributed by atoms with Gasteiger partial charge in [-0.2, -0.15) is 0 Å². The van der Waals surface area contributed by atoms with Crippen molar-refractivity contribution in [1.29, 1.82) is 0 Å². The third-order valence-corrected chi connectivity index (χ3v) is 6.61. The van der Waals surface area contributed by atoms with Crippen molar-refractivity contribution < 1.29 is 14.6 Å². The average Bonchev–Trinajstić information content (AvgIpc) is 3.09. The number of nitrogens with one attached hydrogen (secondary N) is 1. The fraction of sp³-hybridized carbons (Fsp3) is 0.556. The summed E-state index contributed by atoms with van der Waals surface area (Å²) in [5.74, 6) is 0.522. The summed E-state index contributed by atoms with van der Waals surface area (Å²) in [6, 6.07) is -0.191. The summed E-state index contributed by atoms with van der Waals surface area (Å²) in [6.07, 6.45) is 4.74. The highest BCUT2D eigenvalue weighted by Gasteiger charge is 2.32. The summed E-state index contributed by atoms with van der Waals surface area (Å²) >= 11 is 1.69. The first kappa shape index (κ1) is 17.0. The molecule has 4 heterocycles. The van der Waals surface area contributed by atoms with Gasteiger partial charge in [0.15, 0.2) is 5.82 Å². The van der Waals surface area contributed by atoms with Crippen molar-refractivity contribution in [3.05, 3.63) is 27.7 Å². The van der Waals surface area contributed by atoms with Crippen LogP contribution in [0.1, 0.15) is 64.7 Å². The molecule has 1 aliphatic carbocycles. The lowest BCUT2D eigenvalue weighted by atomic mass is 9.89. The van der Waals surface area contributed by atoms with Gasteiger partial charge >= 0.3 is 0 Å². The molecule has 0 spiro atoms. The van der Waals surface area contributed by atoms with E-state index >= 15 is 0 Å². The van der Waals surface area contributed by atoms with Crippen molar-refractivity contribution in [2.75, 3.05) is 6.61 Å². The Morgan fingerprint density at radius 1 is 1.44 bits per heavy atom. The van der Waals surface area contributed by atoms with E-state index < -0.39 is 0 Å². The van der Waals surface area contributed by atoms with Crippen molar-refractivity contribution in [2.45, 2.75) is 57.4 Å². The molecule has 2 aromatic heterocycles. The number of aliphatic hydroxyl groups is 1. The molecule has 0 radical (unpaired) electrons. The maximum atomic E-state index is 12.5. The van der Waals surface area contributed by atoms with E-state index in [2.05, 4.69) is 20.4 Å². The molecule has 2 aliphatic heterocycles. The molecule has 1 fully saturated rings. The molecule has 1 unspecified atom stereocenters. The Morgan fingerprint density at radius 2 is 2.30 bits per heavy atom. The lowest BCUT2D eigenvalue weighted by Gasteiger charge is -2.31. The van der Waals surface area contributed by atoms with Crippen LogP contribution in [-0.4, -0.2) is 50.7 Å². The number of aliphatic imine (C=N–C) groups is 1. The van der Waals surface area contributed by atoms with Crippen molar-refractivity contribution >= 4 is 23.5 Å². The summed E-state index contributed by atoms with van der Waals surface area (Å²) < 4.78 is 7.51. The van der Waals surface area contributed by atoms with Gasteiger partial charge in [0.05, 0.1) is 12.7 Å². The Morgan fingerprint density at radius 3 is 3.11 bits per heavy atom. The maximum absolute atomic E-state index is 12.5. The fourth-order valence-electron chi connectivity index (χ4n) is 3.72. The highest BCUT2D eigenvalue weighted by Crippen LogP contribution is 2.37. The van der Waals surface area contributed by atoms with E-state index in [4.69, 9.17) is 4.74 Å². The molecular formula is C18H21N5O3S. The summed E-state index contributed by atoms with van der Waals surface area (Å²) in [7, 11) is 0. The van der Waals surface area contributed by atoms with Gasteiger partial charge in [-0.15, -0.1) is 16.4 Å². The summed E-state index contributed by atoms with van der Waals surface area (Å²) in [4.78, 5) is 22.9. The van der Waals surface area contributed by atoms with Crippen LogP contribution in [0.2, 0.25) is 0 Å². The lowest BCUT2D eigenvalue weighted by molar-refractivity contribution is 0.0558. The number of rotatable bonds is 2. The Balaban J connectivity index is 1.51. The Bertz CT molecular complexity index is 928. The molecule has 27 heavy (non-hydrogen) atoms. The zero-order chi connectivity index (χ0) is 18.5. The Kier molecular flexibility index (Phi) is 4.10. The minimum atomic E-state index is -0.317. The second-order valence-corrected chi connectivity index (χ2v) is 8.42. The predicted molar refractivity (Wildman–Crippen MR) is 99.7 cm³/mol. The van der Waals surface area contributed by atoms with Crippen molar-refractivity contribution in [1.82, 2.24) is 20.1 Å². The number of aromatic nitrogens is 3. The maximum Gasteiger partial charge on any atom is 0.291 e. The third kappa shape index (κ3) is 2.90. The number of amides is 1. The average molecular weight is 387 g/mol. The van der Waals surface area contributed by atoms with E-state index in [0.717, 1.165) is 30.0 Å². The van der Waals surface area contributed by atoms with Gasteiger partial charge in [-0.25, -0.2) is 9.67 Å². The van der Waals surface area contributed by atoms with Gasteiger partial charge in [-0.05, 0) is 32.6 Å². The highest BCUT2D eigenvalue weighted by atomic mass is 32.1. The van der Waals surface area contributed by atoms with Crippen LogP contribution >= 0.6 is 11.3 Å². The topological polar surface area (TPSA) is 102 Å². The number of aliphatic hydroxyl groups excluding tert-OH is 1. The van der Waals surface area contributed by atoms with E-state index in [1.807, 2.05) is 13.1 Å². The summed E-state index contributed by atoms with van der Waals surface area (Å²) in [6.45, 7) is 3.31. The first-order valence-electron chi connectivity index (χ1n) is 9.32. The fourth-order valence-corrected chi connectivity index (χ4v) is 5.00. The zero-order valence-corrected chi connectivity index (χ0v) is 15.8. The van der Waals surface area contributed by atoms with Crippen LogP contribution in [0.3, 0.4) is 0 Å². The van der Waals surface area contributed by atoms with Gasteiger partial charge in [-0.3, -0.25) is 9.79 Å². The Labute approximate surface area is 160 Å². The molecule has 5 rings (SSSR count). The lowest BCUT2D eigenvalue weighted by Crippen LogP contribution is -2.47. The number of hydrogen-bond donors (Lipinski definition) is 2. The van der Waals surface area contributed by atoms with Crippen molar-refractivity contribution in [3.8, 4) is 5.00 Å². The zero-order valence-electron chi connectivity index (χ0n) is 15.0. The molecular weight excluding hydrogens is 366 g/mol. The van der Waals surface area contributed by atoms with Gasteiger partial charge in [0.2, 0.25) is 5.82 Å². The molecule has 9 heteroatoms. The minimum absolute atomic E-state index is 0.00300. The second-order valence-electron chi connectivity index (χ2n) is 7.33. The van der Waals surface area contributed by atoms with E-state index in [1.54, 1.807) is 16.0 Å². The van der Waals surface area contributed by atoms with Crippen LogP contribution < -0.4 is 5.32 Å². The number of aryl methyl sites for hydroxylation is 1. The molecule has 1 amide bonds. The molecule has 142 valence electrons. The van der Waals surface area contributed by atoms with Crippen LogP contribution in [0.5, 0.6) is 0 Å². The van der Waals surface area contributed by atoms with E-state index in [0.29, 0.717) is 25.3 Å². The van der Waals surface area contributed by atoms with Gasteiger partial charge < -0.3 is 15.2 Å². The molecule has 2 aromatic rings. The number of hydrogen-bond acceptors (Lipinski definition) is 7. The van der Waals surface area contributed by atoms with Crippen LogP contribution in [0.15, 0.2) is 4.99 Å². The summed E-state index contributed by atoms with van der Waals surface area (Å²) in [5, 5.41) is 17.8. The molecule has 1 saturated carbocycles. The van der Waals surface area contributed by atoms with E-state index in [-0.39, 0.29) is 29.9 Å². The van der Waals surface area contributed by atoms with Crippen molar-refractivity contribution in [3.63, 3.8) is 0 Å². The first-order chi connectivity index (χ1) is 13.1. The van der Waals surface area contributed by atoms with Crippen LogP contribution in [-0.2, 0) is 17.8 Å². The van der Waals surface area contributed by atoms with Crippen LogP contribution in [0, 0.1) is 0 Å². The highest BCUT2D eigenvalue weighted by molar-refractivity contribution is 7.15. The normalized spacial score (nSPS) is 26.2. The first-order valence-corrected chi connectivity index (χ1v) is 10.1. The number of fused-ring (bicyclic) bond motifs is 5. The second kappa shape index (κ2) is 6.50. The monoisotopic (exact) mass is 387 g/mol. The predicted octanol–water partition coefficient (Wildman–Crippen LogP) is 1.54. The van der Waals surface area contributed by atoms with Gasteiger partial charge in [0, 0.05) is 34.9 Å². The molecule has 2 N–H and O–H groups in total. The number of thiophene rings is 1. The molecule has 0 aromatic carbocycles. The smallest absolute Gasteiger partial charge is 0.291 e. The minimum Gasteiger partial charge on any atom is -0.393 e. The Hall–Kier alpha value is -2.10. The van der Waals surface area contributed by atoms with Gasteiger partial charge in [0.1, 0.15) is 11.0 Å². The summed E-state index contributed by atoms with van der Waals surface area (Å²) in [5.41, 5.74) is 2.21. The quantitative estimate of drug-likeness (QED) is 0.814. The third-order valence-electron chi connectivity index (χ3n) is 5.33. The number of carbonyl (C=O) groups is 1. The molecule has 8 nitrogen and oxygen atoms in total. The van der Waals surface area contributed by atoms with Crippen LogP contribution in [0.4, 0.5) is 0 Å². The van der Waals surface area contributed by atoms with Crippen LogP contribution in [0.25, 0.3) is 5.00 Å². The van der Waals surface area contributed by atoms with Gasteiger partial charge in [0.25, 0.3) is 5.91 Å². The standard InChI is InChI=1S/C18H21N5O3S/c1-9-16-21-15(17(25)20-10-5-11(24)6-10)22-23(16)18-12(7-19-9)13-8-26-4-2-3-14(13)27-18/h7,9-11,24H,2-6,8H2,1H3,(H,20,25)/t9?,10-,11-. The number of nitrogens with zero attached hydrogens (tertiary/aromatic N) is 4. The van der Waals surface area contributed by atoms with Crippen molar-refractivity contribution in [2.24, 2.45) is 4.99 Å². The largest absolute Gasteiger partial charge is 0.393 e. The van der Waals surface area contributed by atoms with Gasteiger partial charge in [-0.1, -0.05) is 0 Å². The molecule has 3 aliphatic rings. The molecule has 0 bridgehead atoms. The van der Waals surface area contributed by atoms with E-state index in [1.165, 1.54) is 10.4 Å². The number of ether oxygens (including phenoxy) is 1.